The van der Waals surface area contributed by atoms with E-state index in [2.05, 4.69) is 20.5 Å². The predicted octanol–water partition coefficient (Wildman–Crippen LogP) is 6.34. The van der Waals surface area contributed by atoms with Gasteiger partial charge in [-0.3, -0.25) is 5.43 Å². The van der Waals surface area contributed by atoms with Crippen molar-refractivity contribution in [1.82, 2.24) is 9.97 Å². The van der Waals surface area contributed by atoms with Gasteiger partial charge < -0.3 is 0 Å². The van der Waals surface area contributed by atoms with E-state index in [9.17, 15) is 22.0 Å². The van der Waals surface area contributed by atoms with Gasteiger partial charge in [-0.05, 0) is 6.92 Å². The molecule has 0 amide bonds. The van der Waals surface area contributed by atoms with Crippen molar-refractivity contribution in [3.8, 4) is 22.6 Å². The van der Waals surface area contributed by atoms with Gasteiger partial charge in [0.25, 0.3) is 0 Å². The van der Waals surface area contributed by atoms with Gasteiger partial charge in [-0.25, -0.2) is 31.9 Å². The summed E-state index contributed by atoms with van der Waals surface area (Å²) in [5.41, 5.74) is 2.98. The van der Waals surface area contributed by atoms with Gasteiger partial charge >= 0.3 is 0 Å². The normalized spacial score (nSPS) is 11.5. The van der Waals surface area contributed by atoms with Gasteiger partial charge in [-0.1, -0.05) is 60.7 Å². The number of benzene rings is 3. The number of aromatic nitrogens is 2. The van der Waals surface area contributed by atoms with Gasteiger partial charge in [0.15, 0.2) is 34.9 Å². The minimum atomic E-state index is -2.23. The Morgan fingerprint density at radius 3 is 1.79 bits per heavy atom. The smallest absolute Gasteiger partial charge is 0.200 e. The standard InChI is InChI=1S/C24H15F5N4/c1-13(18-19(25)21(27)23(29)22(28)20(18)26)32-33-17-12-16(14-8-4-2-5-9-14)30-24(31-17)15-10-6-3-7-11-15/h2-12H,1H3,(H,30,31,33)/b32-13+. The Hall–Kier alpha value is -4.14. The van der Waals surface area contributed by atoms with Gasteiger partial charge in [0, 0.05) is 17.2 Å². The number of halogens is 5. The first kappa shape index (κ1) is 22.1. The first-order valence-electron chi connectivity index (χ1n) is 9.69. The van der Waals surface area contributed by atoms with Crippen LogP contribution < -0.4 is 5.43 Å². The van der Waals surface area contributed by atoms with Gasteiger partial charge in [-0.15, -0.1) is 0 Å². The van der Waals surface area contributed by atoms with E-state index >= 15 is 0 Å². The molecule has 4 aromatic rings. The van der Waals surface area contributed by atoms with E-state index < -0.39 is 40.4 Å². The molecule has 0 saturated carbocycles. The number of nitrogens with one attached hydrogen (secondary N) is 1. The zero-order valence-corrected chi connectivity index (χ0v) is 17.1. The molecule has 0 aliphatic heterocycles. The number of hydrogen-bond acceptors (Lipinski definition) is 4. The van der Waals surface area contributed by atoms with Crippen molar-refractivity contribution in [1.29, 1.82) is 0 Å². The maximum atomic E-state index is 14.1. The molecule has 0 spiro atoms. The topological polar surface area (TPSA) is 50.2 Å². The highest BCUT2D eigenvalue weighted by Gasteiger charge is 2.27. The van der Waals surface area contributed by atoms with E-state index in [0.29, 0.717) is 17.1 Å². The highest BCUT2D eigenvalue weighted by molar-refractivity contribution is 5.99. The largest absolute Gasteiger partial charge is 0.261 e. The van der Waals surface area contributed by atoms with Gasteiger partial charge in [-0.2, -0.15) is 5.10 Å². The maximum absolute atomic E-state index is 14.1. The Balaban J connectivity index is 1.76. The zero-order valence-electron chi connectivity index (χ0n) is 17.1. The summed E-state index contributed by atoms with van der Waals surface area (Å²) in [4.78, 5) is 8.92. The van der Waals surface area contributed by atoms with Gasteiger partial charge in [0.05, 0.1) is 17.0 Å². The summed E-state index contributed by atoms with van der Waals surface area (Å²) in [6, 6.07) is 19.8. The lowest BCUT2D eigenvalue weighted by molar-refractivity contribution is 0.377. The Kier molecular flexibility index (Phi) is 6.12. The summed E-state index contributed by atoms with van der Waals surface area (Å²) in [5.74, 6) is -9.74. The molecular formula is C24H15F5N4. The van der Waals surface area contributed by atoms with Crippen LogP contribution in [0.4, 0.5) is 27.8 Å². The number of hydrazone groups is 1. The first-order chi connectivity index (χ1) is 15.9. The molecule has 3 aromatic carbocycles. The highest BCUT2D eigenvalue weighted by atomic mass is 19.2. The molecule has 0 bridgehead atoms. The molecule has 4 rings (SSSR count). The summed E-state index contributed by atoms with van der Waals surface area (Å²) < 4.78 is 68.6. The van der Waals surface area contributed by atoms with Crippen LogP contribution in [0, 0.1) is 29.1 Å². The zero-order chi connectivity index (χ0) is 23.5. The lowest BCUT2D eigenvalue weighted by Crippen LogP contribution is -2.12. The summed E-state index contributed by atoms with van der Waals surface area (Å²) in [5, 5.41) is 3.81. The van der Waals surface area contributed by atoms with Crippen LogP contribution in [0.15, 0.2) is 71.8 Å². The Labute approximate surface area is 185 Å². The van der Waals surface area contributed by atoms with Gasteiger partial charge in [0.1, 0.15) is 0 Å². The SMILES string of the molecule is C/C(=N\Nc1cc(-c2ccccc2)nc(-c2ccccc2)n1)c1c(F)c(F)c(F)c(F)c1F. The van der Waals surface area contributed by atoms with Crippen molar-refractivity contribution in [2.24, 2.45) is 5.10 Å². The Morgan fingerprint density at radius 2 is 1.21 bits per heavy atom. The summed E-state index contributed by atoms with van der Waals surface area (Å²) >= 11 is 0. The fourth-order valence-corrected chi connectivity index (χ4v) is 3.10. The van der Waals surface area contributed by atoms with Crippen LogP contribution in [0.5, 0.6) is 0 Å². The predicted molar refractivity (Wildman–Crippen MR) is 115 cm³/mol. The van der Waals surface area contributed by atoms with Crippen LogP contribution in [-0.4, -0.2) is 15.7 Å². The van der Waals surface area contributed by atoms with E-state index in [1.807, 2.05) is 48.5 Å². The van der Waals surface area contributed by atoms with E-state index in [-0.39, 0.29) is 5.82 Å². The third kappa shape index (κ3) is 4.43. The molecule has 1 aromatic heterocycles. The summed E-state index contributed by atoms with van der Waals surface area (Å²) in [6.45, 7) is 1.11. The molecule has 0 unspecified atom stereocenters. The van der Waals surface area contributed by atoms with Crippen molar-refractivity contribution in [2.45, 2.75) is 6.92 Å². The number of anilines is 1. The summed E-state index contributed by atoms with van der Waals surface area (Å²) in [7, 11) is 0. The fraction of sp³-hybridized carbons (Fsp3) is 0.0417. The monoisotopic (exact) mass is 454 g/mol. The number of rotatable bonds is 5. The molecule has 0 atom stereocenters. The second-order valence-electron chi connectivity index (χ2n) is 6.95. The molecule has 1 N–H and O–H groups in total. The van der Waals surface area contributed by atoms with Crippen LogP contribution in [0.3, 0.4) is 0 Å². The van der Waals surface area contributed by atoms with Crippen molar-refractivity contribution in [2.75, 3.05) is 5.43 Å². The molecule has 0 aliphatic rings. The van der Waals surface area contributed by atoms with Gasteiger partial charge in [0.2, 0.25) is 5.82 Å². The average Bonchev–Trinajstić information content (AvgIpc) is 2.86. The maximum Gasteiger partial charge on any atom is 0.200 e. The van der Waals surface area contributed by atoms with Crippen molar-refractivity contribution in [3.05, 3.63) is 101 Å². The third-order valence-electron chi connectivity index (χ3n) is 4.74. The lowest BCUT2D eigenvalue weighted by Gasteiger charge is -2.10. The van der Waals surface area contributed by atoms with Crippen LogP contribution in [-0.2, 0) is 0 Å². The lowest BCUT2D eigenvalue weighted by atomic mass is 10.1. The van der Waals surface area contributed by atoms with E-state index in [0.717, 1.165) is 12.5 Å². The van der Waals surface area contributed by atoms with Crippen LogP contribution in [0.2, 0.25) is 0 Å². The van der Waals surface area contributed by atoms with Crippen molar-refractivity contribution in [3.63, 3.8) is 0 Å². The highest BCUT2D eigenvalue weighted by Crippen LogP contribution is 2.26. The molecule has 166 valence electrons. The fourth-order valence-electron chi connectivity index (χ4n) is 3.10. The van der Waals surface area contributed by atoms with Crippen LogP contribution >= 0.6 is 0 Å². The second-order valence-corrected chi connectivity index (χ2v) is 6.95. The Morgan fingerprint density at radius 1 is 0.697 bits per heavy atom. The first-order valence-corrected chi connectivity index (χ1v) is 9.69. The third-order valence-corrected chi connectivity index (χ3v) is 4.74. The van der Waals surface area contributed by atoms with Crippen LogP contribution in [0.25, 0.3) is 22.6 Å². The minimum Gasteiger partial charge on any atom is -0.261 e. The second kappa shape index (κ2) is 9.15. The molecule has 0 fully saturated rings. The molecule has 33 heavy (non-hydrogen) atoms. The number of nitrogens with zero attached hydrogens (tertiary/aromatic N) is 3. The quantitative estimate of drug-likeness (QED) is 0.126. The van der Waals surface area contributed by atoms with Crippen LogP contribution in [0.1, 0.15) is 12.5 Å². The molecule has 1 heterocycles. The molecule has 0 aliphatic carbocycles. The molecule has 4 nitrogen and oxygen atoms in total. The van der Waals surface area contributed by atoms with E-state index in [1.54, 1.807) is 18.2 Å². The van der Waals surface area contributed by atoms with Crippen molar-refractivity contribution >= 4 is 11.5 Å². The molecule has 0 radical (unpaired) electrons. The molecular weight excluding hydrogens is 439 g/mol. The summed E-state index contributed by atoms with van der Waals surface area (Å²) in [6.07, 6.45) is 0. The van der Waals surface area contributed by atoms with Crippen molar-refractivity contribution < 1.29 is 22.0 Å². The minimum absolute atomic E-state index is 0.158. The average molecular weight is 454 g/mol. The van der Waals surface area contributed by atoms with E-state index in [1.165, 1.54) is 0 Å². The van der Waals surface area contributed by atoms with E-state index in [4.69, 9.17) is 0 Å². The number of hydrogen-bond donors (Lipinski definition) is 1. The molecule has 0 saturated heterocycles. The molecule has 9 heteroatoms. The Bertz CT molecular complexity index is 1260.